The molecule has 0 heterocycles. The van der Waals surface area contributed by atoms with E-state index < -0.39 is 0 Å². The summed E-state index contributed by atoms with van der Waals surface area (Å²) in [4.78, 5) is 0. The van der Waals surface area contributed by atoms with Crippen molar-refractivity contribution in [2.75, 3.05) is 6.54 Å². The summed E-state index contributed by atoms with van der Waals surface area (Å²) in [6.07, 6.45) is 6.35. The van der Waals surface area contributed by atoms with Crippen molar-refractivity contribution >= 4 is 11.6 Å². The number of hydrogen-bond donors (Lipinski definition) is 1. The molecule has 0 bridgehead atoms. The molecule has 2 heteroatoms. The second kappa shape index (κ2) is 8.69. The molecule has 1 aromatic carbocycles. The van der Waals surface area contributed by atoms with Gasteiger partial charge in [-0.2, -0.15) is 0 Å². The maximum absolute atomic E-state index is 6.09. The second-order valence-electron chi connectivity index (χ2n) is 6.52. The molecule has 1 rings (SSSR count). The highest BCUT2D eigenvalue weighted by atomic mass is 35.5. The van der Waals surface area contributed by atoms with Crippen LogP contribution in [0.15, 0.2) is 24.3 Å². The van der Waals surface area contributed by atoms with Crippen LogP contribution in [0.4, 0.5) is 0 Å². The summed E-state index contributed by atoms with van der Waals surface area (Å²) in [6.45, 7) is 10.3. The lowest BCUT2D eigenvalue weighted by molar-refractivity contribution is 0.285. The van der Waals surface area contributed by atoms with Gasteiger partial charge in [0.2, 0.25) is 0 Å². The van der Waals surface area contributed by atoms with Crippen LogP contribution in [0.25, 0.3) is 0 Å². The van der Waals surface area contributed by atoms with E-state index in [0.717, 1.165) is 18.0 Å². The van der Waals surface area contributed by atoms with Crippen LogP contribution >= 0.6 is 11.6 Å². The maximum atomic E-state index is 6.09. The first-order valence-electron chi connectivity index (χ1n) is 7.97. The van der Waals surface area contributed by atoms with Crippen LogP contribution in [-0.4, -0.2) is 6.54 Å². The monoisotopic (exact) mass is 295 g/mol. The van der Waals surface area contributed by atoms with Crippen LogP contribution < -0.4 is 5.32 Å². The Hall–Kier alpha value is -0.530. The fourth-order valence-corrected chi connectivity index (χ4v) is 2.76. The summed E-state index contributed by atoms with van der Waals surface area (Å²) < 4.78 is 0. The minimum absolute atomic E-state index is 0.362. The van der Waals surface area contributed by atoms with E-state index in [1.165, 1.54) is 31.2 Å². The molecular formula is C18H30ClN. The number of unbranched alkanes of at least 4 members (excludes halogenated alkanes) is 2. The van der Waals surface area contributed by atoms with Crippen molar-refractivity contribution in [3.63, 3.8) is 0 Å². The zero-order valence-corrected chi connectivity index (χ0v) is 14.3. The Labute approximate surface area is 130 Å². The Morgan fingerprint density at radius 1 is 1.20 bits per heavy atom. The van der Waals surface area contributed by atoms with Crippen LogP contribution in [0.1, 0.15) is 71.4 Å². The summed E-state index contributed by atoms with van der Waals surface area (Å²) in [7, 11) is 0. The lowest BCUT2D eigenvalue weighted by Crippen LogP contribution is -2.32. The highest BCUT2D eigenvalue weighted by molar-refractivity contribution is 6.30. The van der Waals surface area contributed by atoms with Crippen molar-refractivity contribution in [2.24, 2.45) is 5.41 Å². The molecule has 1 unspecified atom stereocenters. The zero-order chi connectivity index (χ0) is 15.0. The van der Waals surface area contributed by atoms with Crippen molar-refractivity contribution in [2.45, 2.75) is 65.8 Å². The largest absolute Gasteiger partial charge is 0.309 e. The van der Waals surface area contributed by atoms with E-state index in [-0.39, 0.29) is 0 Å². The molecule has 0 spiro atoms. The summed E-state index contributed by atoms with van der Waals surface area (Å²) in [5.74, 6) is 0. The summed E-state index contributed by atoms with van der Waals surface area (Å²) in [5, 5.41) is 4.55. The topological polar surface area (TPSA) is 12.0 Å². The third kappa shape index (κ3) is 6.28. The third-order valence-corrected chi connectivity index (χ3v) is 4.18. The van der Waals surface area contributed by atoms with Gasteiger partial charge in [-0.3, -0.25) is 0 Å². The first kappa shape index (κ1) is 17.5. The number of benzene rings is 1. The number of rotatable bonds is 9. The van der Waals surface area contributed by atoms with Gasteiger partial charge < -0.3 is 5.32 Å². The fraction of sp³-hybridized carbons (Fsp3) is 0.667. The highest BCUT2D eigenvalue weighted by Crippen LogP contribution is 2.26. The third-order valence-electron chi connectivity index (χ3n) is 3.94. The molecule has 0 aliphatic heterocycles. The number of hydrogen-bond acceptors (Lipinski definition) is 1. The Kier molecular flexibility index (Phi) is 7.61. The van der Waals surface area contributed by atoms with Gasteiger partial charge in [0.05, 0.1) is 0 Å². The quantitative estimate of drug-likeness (QED) is 0.552. The Morgan fingerprint density at radius 3 is 2.55 bits per heavy atom. The second-order valence-corrected chi connectivity index (χ2v) is 6.95. The van der Waals surface area contributed by atoms with Gasteiger partial charge in [-0.25, -0.2) is 0 Å². The summed E-state index contributed by atoms with van der Waals surface area (Å²) in [6, 6.07) is 8.62. The van der Waals surface area contributed by atoms with Crippen molar-refractivity contribution in [3.8, 4) is 0 Å². The maximum Gasteiger partial charge on any atom is 0.0409 e. The first-order valence-corrected chi connectivity index (χ1v) is 8.35. The lowest BCUT2D eigenvalue weighted by Gasteiger charge is -2.28. The van der Waals surface area contributed by atoms with Gasteiger partial charge in [0.25, 0.3) is 0 Å². The molecule has 0 saturated carbocycles. The molecule has 0 amide bonds. The molecule has 1 aromatic rings. The van der Waals surface area contributed by atoms with E-state index in [1.807, 2.05) is 12.1 Å². The van der Waals surface area contributed by atoms with Gasteiger partial charge in [0, 0.05) is 17.6 Å². The van der Waals surface area contributed by atoms with Crippen molar-refractivity contribution in [1.29, 1.82) is 0 Å². The Morgan fingerprint density at radius 2 is 1.95 bits per heavy atom. The number of halogens is 1. The highest BCUT2D eigenvalue weighted by Gasteiger charge is 2.19. The van der Waals surface area contributed by atoms with Gasteiger partial charge in [-0.15, -0.1) is 0 Å². The van der Waals surface area contributed by atoms with Gasteiger partial charge >= 0.3 is 0 Å². The minimum atomic E-state index is 0.362. The van der Waals surface area contributed by atoms with Crippen LogP contribution in [0, 0.1) is 5.41 Å². The molecule has 1 N–H and O–H groups in total. The molecule has 1 atom stereocenters. The smallest absolute Gasteiger partial charge is 0.0409 e. The molecule has 0 radical (unpaired) electrons. The van der Waals surface area contributed by atoms with Gasteiger partial charge in [-0.05, 0) is 36.0 Å². The van der Waals surface area contributed by atoms with Crippen molar-refractivity contribution in [3.05, 3.63) is 34.9 Å². The van der Waals surface area contributed by atoms with Crippen LogP contribution in [0.5, 0.6) is 0 Å². The molecule has 0 fully saturated rings. The fourth-order valence-electron chi connectivity index (χ4n) is 2.56. The molecule has 20 heavy (non-hydrogen) atoms. The SMILES string of the molecule is CCCCCC(C)(C)CNC(CC)c1cccc(Cl)c1. The van der Waals surface area contributed by atoms with Gasteiger partial charge in [-0.1, -0.05) is 70.7 Å². The number of nitrogens with one attached hydrogen (secondary N) is 1. The average Bonchev–Trinajstić information content (AvgIpc) is 2.39. The molecule has 114 valence electrons. The van der Waals surface area contributed by atoms with Crippen LogP contribution in [0.3, 0.4) is 0 Å². The van der Waals surface area contributed by atoms with Crippen LogP contribution in [0.2, 0.25) is 5.02 Å². The average molecular weight is 296 g/mol. The standard InChI is InChI=1S/C18H30ClN/c1-5-7-8-12-18(3,4)14-20-17(6-2)15-10-9-11-16(19)13-15/h9-11,13,17,20H,5-8,12,14H2,1-4H3. The van der Waals surface area contributed by atoms with Gasteiger partial charge in [0.15, 0.2) is 0 Å². The van der Waals surface area contributed by atoms with E-state index in [4.69, 9.17) is 11.6 Å². The van der Waals surface area contributed by atoms with Gasteiger partial charge in [0.1, 0.15) is 0 Å². The summed E-state index contributed by atoms with van der Waals surface area (Å²) in [5.41, 5.74) is 1.66. The Bertz CT molecular complexity index is 387. The first-order chi connectivity index (χ1) is 9.48. The normalized spacial score (nSPS) is 13.4. The molecule has 1 nitrogen and oxygen atoms in total. The predicted octanol–water partition coefficient (Wildman–Crippen LogP) is 5.99. The molecule has 0 aromatic heterocycles. The zero-order valence-electron chi connectivity index (χ0n) is 13.5. The minimum Gasteiger partial charge on any atom is -0.309 e. The van der Waals surface area contributed by atoms with Crippen molar-refractivity contribution in [1.82, 2.24) is 5.32 Å². The van der Waals surface area contributed by atoms with Crippen molar-refractivity contribution < 1.29 is 0 Å². The molecular weight excluding hydrogens is 266 g/mol. The van der Waals surface area contributed by atoms with E-state index in [2.05, 4.69) is 45.1 Å². The Balaban J connectivity index is 2.52. The van der Waals surface area contributed by atoms with E-state index >= 15 is 0 Å². The lowest BCUT2D eigenvalue weighted by atomic mass is 9.86. The molecule has 0 aliphatic rings. The van der Waals surface area contributed by atoms with E-state index in [9.17, 15) is 0 Å². The van der Waals surface area contributed by atoms with E-state index in [0.29, 0.717) is 11.5 Å². The predicted molar refractivity (Wildman–Crippen MR) is 90.4 cm³/mol. The molecule has 0 saturated heterocycles. The summed E-state index contributed by atoms with van der Waals surface area (Å²) >= 11 is 6.09. The molecule has 0 aliphatic carbocycles. The van der Waals surface area contributed by atoms with Crippen LogP contribution in [-0.2, 0) is 0 Å². The van der Waals surface area contributed by atoms with E-state index in [1.54, 1.807) is 0 Å².